The third kappa shape index (κ3) is 5.09. The summed E-state index contributed by atoms with van der Waals surface area (Å²) in [6, 6.07) is 17.6. The van der Waals surface area contributed by atoms with Gasteiger partial charge in [0.05, 0.1) is 15.1 Å². The fraction of sp³-hybridized carbons (Fsp3) is 0.179. The van der Waals surface area contributed by atoms with Crippen molar-refractivity contribution in [3.8, 4) is 17.4 Å². The molecule has 0 aliphatic carbocycles. The van der Waals surface area contributed by atoms with Crippen LogP contribution in [0.25, 0.3) is 23.0 Å². The van der Waals surface area contributed by atoms with Crippen LogP contribution in [0.1, 0.15) is 22.5 Å². The van der Waals surface area contributed by atoms with Crippen molar-refractivity contribution in [3.05, 3.63) is 96.7 Å². The number of aromatic nitrogens is 2. The van der Waals surface area contributed by atoms with Gasteiger partial charge in [0, 0.05) is 31.2 Å². The largest absolute Gasteiger partial charge is 0.365 e. The zero-order valence-electron chi connectivity index (χ0n) is 22.1. The average molecular weight is 562 g/mol. The lowest BCUT2D eigenvalue weighted by atomic mass is 10.2. The number of nitrogens with zero attached hydrogens (tertiary/aromatic N) is 4. The van der Waals surface area contributed by atoms with E-state index in [1.165, 1.54) is 38.4 Å². The summed E-state index contributed by atoms with van der Waals surface area (Å²) >= 11 is 0.944. The number of amides is 1. The van der Waals surface area contributed by atoms with Crippen LogP contribution in [-0.2, 0) is 14.8 Å². The van der Waals surface area contributed by atoms with E-state index in [2.05, 4.69) is 10.6 Å². The second-order valence-corrected chi connectivity index (χ2v) is 12.4. The quantitative estimate of drug-likeness (QED) is 0.384. The number of carbonyl (C=O) groups excluding carboxylic acids is 1. The molecule has 39 heavy (non-hydrogen) atoms. The molecule has 0 aliphatic heterocycles. The molecule has 0 bridgehead atoms. The van der Waals surface area contributed by atoms with E-state index in [4.69, 9.17) is 5.73 Å². The molecule has 0 saturated heterocycles. The first-order valence-corrected chi connectivity index (χ1v) is 14.1. The molecule has 2 aromatic carbocycles. The lowest BCUT2D eigenvalue weighted by Gasteiger charge is -2.12. The second kappa shape index (κ2) is 10.5. The lowest BCUT2D eigenvalue weighted by molar-refractivity contribution is -0.112. The topological polar surface area (TPSA) is 131 Å². The van der Waals surface area contributed by atoms with Gasteiger partial charge in [0.15, 0.2) is 5.57 Å². The molecule has 0 atom stereocenters. The standard InChI is InChI=1S/C28H27N5O4S2/c1-17-8-6-9-21(12-17)32-18(2)13-20(19(32)3)14-25-27(35)33(28(38-25)24(16-29)26(30)34)22-10-7-11-23(15-22)39(36,37)31(4)5/h6-15H,1-5H3,(H2,30,34)/b25-14+,28-24-. The molecule has 0 fully saturated rings. The number of aryl methyl sites for hydroxylation is 2. The van der Waals surface area contributed by atoms with Crippen molar-refractivity contribution >= 4 is 38.9 Å². The maximum Gasteiger partial charge on any atom is 0.273 e. The van der Waals surface area contributed by atoms with Crippen LogP contribution in [0.4, 0.5) is 0 Å². The van der Waals surface area contributed by atoms with Crippen LogP contribution >= 0.6 is 11.3 Å². The molecule has 9 nitrogen and oxygen atoms in total. The smallest absolute Gasteiger partial charge is 0.273 e. The van der Waals surface area contributed by atoms with Crippen LogP contribution in [0.2, 0.25) is 0 Å². The van der Waals surface area contributed by atoms with Gasteiger partial charge in [0.1, 0.15) is 10.7 Å². The Bertz CT molecular complexity index is 1960. The monoisotopic (exact) mass is 561 g/mol. The molecule has 4 aromatic rings. The van der Waals surface area contributed by atoms with E-state index in [0.717, 1.165) is 48.4 Å². The number of hydrogen-bond acceptors (Lipinski definition) is 6. The van der Waals surface area contributed by atoms with Crippen molar-refractivity contribution in [1.29, 1.82) is 5.26 Å². The SMILES string of the molecule is Cc1cccc(-n2c(C)cc(/C=c3/s/c(=C(/C#N)C(N)=O)n(-c4cccc(S(=O)(=O)N(C)C)c4)c3=O)c2C)c1. The van der Waals surface area contributed by atoms with E-state index in [-0.39, 0.29) is 19.8 Å². The normalized spacial score (nSPS) is 13.0. The van der Waals surface area contributed by atoms with E-state index in [1.807, 2.05) is 45.0 Å². The molecule has 0 radical (unpaired) electrons. The van der Waals surface area contributed by atoms with Crippen LogP contribution < -0.4 is 20.5 Å². The molecular formula is C28H27N5O4S2. The molecule has 11 heteroatoms. The number of thiazole rings is 1. The number of hydrogen-bond donors (Lipinski definition) is 1. The van der Waals surface area contributed by atoms with Crippen LogP contribution in [0.5, 0.6) is 0 Å². The van der Waals surface area contributed by atoms with Gasteiger partial charge in [-0.2, -0.15) is 5.26 Å². The van der Waals surface area contributed by atoms with Crippen molar-refractivity contribution < 1.29 is 13.2 Å². The molecule has 0 saturated carbocycles. The third-order valence-electron chi connectivity index (χ3n) is 6.27. The van der Waals surface area contributed by atoms with Gasteiger partial charge < -0.3 is 10.3 Å². The Morgan fingerprint density at radius 1 is 1.03 bits per heavy atom. The summed E-state index contributed by atoms with van der Waals surface area (Å²) in [5.74, 6) is -0.992. The molecule has 4 rings (SSSR count). The molecule has 2 aromatic heterocycles. The summed E-state index contributed by atoms with van der Waals surface area (Å²) in [6.07, 6.45) is 1.71. The van der Waals surface area contributed by atoms with Gasteiger partial charge in [0.2, 0.25) is 10.0 Å². The zero-order chi connectivity index (χ0) is 28.6. The molecule has 200 valence electrons. The van der Waals surface area contributed by atoms with Crippen LogP contribution in [0.15, 0.2) is 64.3 Å². The molecule has 0 spiro atoms. The minimum atomic E-state index is -3.81. The molecule has 1 amide bonds. The highest BCUT2D eigenvalue weighted by Crippen LogP contribution is 2.22. The maximum atomic E-state index is 13.8. The number of benzene rings is 2. The molecular weight excluding hydrogens is 534 g/mol. The van der Waals surface area contributed by atoms with Crippen molar-refractivity contribution in [1.82, 2.24) is 13.4 Å². The Labute approximate surface area is 230 Å². The second-order valence-electron chi connectivity index (χ2n) is 9.19. The predicted octanol–water partition coefficient (Wildman–Crippen LogP) is 1.85. The number of nitrogens with two attached hydrogens (primary N) is 1. The van der Waals surface area contributed by atoms with Crippen molar-refractivity contribution in [2.75, 3.05) is 14.1 Å². The van der Waals surface area contributed by atoms with Gasteiger partial charge in [-0.25, -0.2) is 12.7 Å². The van der Waals surface area contributed by atoms with Gasteiger partial charge in [-0.05, 0) is 74.4 Å². The van der Waals surface area contributed by atoms with Gasteiger partial charge in [-0.3, -0.25) is 14.2 Å². The van der Waals surface area contributed by atoms with Crippen LogP contribution in [0, 0.1) is 32.1 Å². The van der Waals surface area contributed by atoms with E-state index >= 15 is 0 Å². The van der Waals surface area contributed by atoms with Gasteiger partial charge in [-0.1, -0.05) is 18.2 Å². The Hall–Kier alpha value is -4.24. The number of rotatable bonds is 6. The highest BCUT2D eigenvalue weighted by Gasteiger charge is 2.20. The highest BCUT2D eigenvalue weighted by atomic mass is 32.2. The number of primary amides is 1. The van der Waals surface area contributed by atoms with Crippen molar-refractivity contribution in [2.24, 2.45) is 5.73 Å². The highest BCUT2D eigenvalue weighted by molar-refractivity contribution is 7.89. The summed E-state index contributed by atoms with van der Waals surface area (Å²) in [4.78, 5) is 25.8. The first-order valence-electron chi connectivity index (χ1n) is 11.8. The van der Waals surface area contributed by atoms with Crippen LogP contribution in [-0.4, -0.2) is 41.9 Å². The minimum Gasteiger partial charge on any atom is -0.365 e. The molecule has 0 aliphatic rings. The average Bonchev–Trinajstić information content (AvgIpc) is 3.34. The summed E-state index contributed by atoms with van der Waals surface area (Å²) in [5, 5.41) is 9.69. The molecule has 2 N–H and O–H groups in total. The number of nitriles is 1. The summed E-state index contributed by atoms with van der Waals surface area (Å²) < 4.78 is 30.1. The van der Waals surface area contributed by atoms with E-state index < -0.39 is 27.1 Å². The van der Waals surface area contributed by atoms with E-state index in [0.29, 0.717) is 0 Å². The number of carbonyl (C=O) groups is 1. The summed E-state index contributed by atoms with van der Waals surface area (Å²) in [5.41, 5.74) is 9.50. The number of sulfonamides is 1. The first-order chi connectivity index (χ1) is 18.4. The maximum absolute atomic E-state index is 13.8. The Kier molecular flexibility index (Phi) is 7.48. The summed E-state index contributed by atoms with van der Waals surface area (Å²) in [7, 11) is -1.00. The van der Waals surface area contributed by atoms with Crippen molar-refractivity contribution in [2.45, 2.75) is 25.7 Å². The third-order valence-corrected chi connectivity index (χ3v) is 9.17. The lowest BCUT2D eigenvalue weighted by Crippen LogP contribution is -2.32. The van der Waals surface area contributed by atoms with Gasteiger partial charge >= 0.3 is 0 Å². The Balaban J connectivity index is 2.03. The van der Waals surface area contributed by atoms with E-state index in [9.17, 15) is 23.3 Å². The van der Waals surface area contributed by atoms with Gasteiger partial charge in [-0.15, -0.1) is 11.3 Å². The first kappa shape index (κ1) is 27.8. The zero-order valence-corrected chi connectivity index (χ0v) is 23.7. The predicted molar refractivity (Wildman–Crippen MR) is 152 cm³/mol. The summed E-state index contributed by atoms with van der Waals surface area (Å²) in [6.45, 7) is 5.93. The minimum absolute atomic E-state index is 0.0214. The van der Waals surface area contributed by atoms with Crippen molar-refractivity contribution in [3.63, 3.8) is 0 Å². The Morgan fingerprint density at radius 2 is 1.67 bits per heavy atom. The molecule has 0 unspecified atom stereocenters. The fourth-order valence-electron chi connectivity index (χ4n) is 4.33. The fourth-order valence-corrected chi connectivity index (χ4v) is 6.37. The Morgan fingerprint density at radius 3 is 2.26 bits per heavy atom. The molecule has 2 heterocycles. The van der Waals surface area contributed by atoms with Crippen LogP contribution in [0.3, 0.4) is 0 Å². The van der Waals surface area contributed by atoms with Gasteiger partial charge in [0.25, 0.3) is 11.5 Å². The van der Waals surface area contributed by atoms with E-state index in [1.54, 1.807) is 12.1 Å².